The van der Waals surface area contributed by atoms with Gasteiger partial charge in [-0.25, -0.2) is 4.98 Å². The number of fused-ring (bicyclic) bond motifs is 2. The zero-order valence-corrected chi connectivity index (χ0v) is 20.7. The minimum absolute atomic E-state index is 0.147. The summed E-state index contributed by atoms with van der Waals surface area (Å²) in [6.45, 7) is 0.324. The second kappa shape index (κ2) is 10.0. The fourth-order valence-electron chi connectivity index (χ4n) is 3.91. The van der Waals surface area contributed by atoms with Crippen molar-refractivity contribution < 1.29 is 14.3 Å². The molecule has 1 aliphatic rings. The molecule has 0 fully saturated rings. The third-order valence-electron chi connectivity index (χ3n) is 5.79. The van der Waals surface area contributed by atoms with Gasteiger partial charge in [-0.1, -0.05) is 29.2 Å². The van der Waals surface area contributed by atoms with Crippen LogP contribution in [0.5, 0.6) is 11.5 Å². The van der Waals surface area contributed by atoms with Crippen molar-refractivity contribution in [2.75, 3.05) is 18.2 Å². The van der Waals surface area contributed by atoms with Crippen molar-refractivity contribution in [2.24, 2.45) is 7.05 Å². The summed E-state index contributed by atoms with van der Waals surface area (Å²) in [4.78, 5) is 16.9. The molecule has 5 rings (SSSR count). The van der Waals surface area contributed by atoms with E-state index in [1.54, 1.807) is 7.11 Å². The molecule has 1 N–H and O–H groups in total. The Kier molecular flexibility index (Phi) is 6.68. The molecule has 1 amide bonds. The lowest BCUT2D eigenvalue weighted by atomic mass is 9.92. The molecule has 0 bridgehead atoms. The molecule has 0 saturated carbocycles. The van der Waals surface area contributed by atoms with Gasteiger partial charge >= 0.3 is 0 Å². The van der Waals surface area contributed by atoms with Gasteiger partial charge in [0.25, 0.3) is 0 Å². The molecule has 10 heteroatoms. The van der Waals surface area contributed by atoms with Crippen LogP contribution >= 0.6 is 23.1 Å². The Labute approximate surface area is 205 Å². The molecule has 8 nitrogen and oxygen atoms in total. The zero-order chi connectivity index (χ0) is 23.5. The summed E-state index contributed by atoms with van der Waals surface area (Å²) in [5, 5.41) is 12.5. The second-order valence-electron chi connectivity index (χ2n) is 8.07. The van der Waals surface area contributed by atoms with Crippen LogP contribution in [0.4, 0.5) is 5.13 Å². The van der Waals surface area contributed by atoms with Gasteiger partial charge in [0, 0.05) is 7.05 Å². The summed E-state index contributed by atoms with van der Waals surface area (Å²) < 4.78 is 14.0. The van der Waals surface area contributed by atoms with E-state index >= 15 is 0 Å². The van der Waals surface area contributed by atoms with Gasteiger partial charge in [-0.05, 0) is 67.1 Å². The molecule has 4 aromatic rings. The molecule has 2 aromatic heterocycles. The van der Waals surface area contributed by atoms with Crippen LogP contribution < -0.4 is 14.8 Å². The Bertz CT molecular complexity index is 1330. The summed E-state index contributed by atoms with van der Waals surface area (Å²) in [5.41, 5.74) is 3.64. The van der Waals surface area contributed by atoms with Crippen molar-refractivity contribution >= 4 is 44.4 Å². The maximum Gasteiger partial charge on any atom is 0.236 e. The first-order chi connectivity index (χ1) is 16.6. The topological polar surface area (TPSA) is 91.2 Å². The van der Waals surface area contributed by atoms with Crippen molar-refractivity contribution in [3.8, 4) is 11.5 Å². The number of methoxy groups -OCH3 is 1. The molecule has 0 unspecified atom stereocenters. The van der Waals surface area contributed by atoms with Crippen LogP contribution in [0.2, 0.25) is 0 Å². The third kappa shape index (κ3) is 5.02. The number of rotatable bonds is 8. The first kappa shape index (κ1) is 22.7. The number of carbonyl (C=O) groups is 1. The fourth-order valence-corrected chi connectivity index (χ4v) is 5.56. The minimum Gasteiger partial charge on any atom is -0.497 e. The van der Waals surface area contributed by atoms with E-state index in [1.165, 1.54) is 47.1 Å². The van der Waals surface area contributed by atoms with E-state index in [4.69, 9.17) is 9.47 Å². The molecular formula is C24H25N5O3S2. The second-order valence-corrected chi connectivity index (χ2v) is 10.0. The van der Waals surface area contributed by atoms with Crippen molar-refractivity contribution in [2.45, 2.75) is 37.4 Å². The first-order valence-electron chi connectivity index (χ1n) is 11.1. The summed E-state index contributed by atoms with van der Waals surface area (Å²) >= 11 is 2.74. The highest BCUT2D eigenvalue weighted by atomic mass is 32.2. The lowest BCUT2D eigenvalue weighted by Crippen LogP contribution is -2.14. The van der Waals surface area contributed by atoms with Gasteiger partial charge in [-0.3, -0.25) is 4.79 Å². The number of ether oxygens (including phenoxy) is 2. The monoisotopic (exact) mass is 495 g/mol. The number of aromatic nitrogens is 4. The van der Waals surface area contributed by atoms with Crippen LogP contribution in [0.25, 0.3) is 10.2 Å². The molecule has 34 heavy (non-hydrogen) atoms. The number of carbonyl (C=O) groups excluding carboxylic acids is 1. The van der Waals surface area contributed by atoms with Crippen LogP contribution in [-0.2, 0) is 31.3 Å². The van der Waals surface area contributed by atoms with Gasteiger partial charge < -0.3 is 19.4 Å². The summed E-state index contributed by atoms with van der Waals surface area (Å²) in [6.07, 6.45) is 4.77. The summed E-state index contributed by atoms with van der Waals surface area (Å²) in [7, 11) is 3.51. The van der Waals surface area contributed by atoms with Crippen molar-refractivity contribution in [3.63, 3.8) is 0 Å². The predicted octanol–water partition coefficient (Wildman–Crippen LogP) is 4.62. The van der Waals surface area contributed by atoms with Crippen LogP contribution in [0, 0.1) is 0 Å². The highest BCUT2D eigenvalue weighted by Gasteiger charge is 2.15. The van der Waals surface area contributed by atoms with E-state index in [1.807, 2.05) is 35.9 Å². The van der Waals surface area contributed by atoms with Gasteiger partial charge in [-0.15, -0.1) is 10.2 Å². The van der Waals surface area contributed by atoms with E-state index in [2.05, 4.69) is 32.6 Å². The highest BCUT2D eigenvalue weighted by molar-refractivity contribution is 7.99. The number of aryl methyl sites for hydroxylation is 2. The maximum atomic E-state index is 12.5. The number of benzene rings is 2. The summed E-state index contributed by atoms with van der Waals surface area (Å²) in [6, 6.07) is 12.0. The van der Waals surface area contributed by atoms with Gasteiger partial charge in [0.1, 0.15) is 18.1 Å². The van der Waals surface area contributed by atoms with Gasteiger partial charge in [0.05, 0.1) is 23.1 Å². The van der Waals surface area contributed by atoms with Crippen molar-refractivity contribution in [1.29, 1.82) is 0 Å². The van der Waals surface area contributed by atoms with E-state index in [-0.39, 0.29) is 11.7 Å². The number of hydrogen-bond acceptors (Lipinski definition) is 8. The van der Waals surface area contributed by atoms with E-state index in [0.29, 0.717) is 22.7 Å². The Morgan fingerprint density at radius 3 is 2.79 bits per heavy atom. The van der Waals surface area contributed by atoms with Gasteiger partial charge in [0.15, 0.2) is 16.1 Å². The predicted molar refractivity (Wildman–Crippen MR) is 134 cm³/mol. The molecule has 2 aromatic carbocycles. The molecule has 0 saturated heterocycles. The van der Waals surface area contributed by atoms with Gasteiger partial charge in [-0.2, -0.15) is 0 Å². The molecular weight excluding hydrogens is 470 g/mol. The Balaban J connectivity index is 1.15. The first-order valence-corrected chi connectivity index (χ1v) is 12.9. The maximum absolute atomic E-state index is 12.5. The normalized spacial score (nSPS) is 13.0. The molecule has 1 aliphatic carbocycles. The molecule has 0 atom stereocenters. The zero-order valence-electron chi connectivity index (χ0n) is 19.0. The SMILES string of the molecule is COc1ccc2nc(NC(=O)CSc3nnc(COc4ccc5c(c4)CCCC5)n3C)sc2c1. The number of amides is 1. The molecule has 2 heterocycles. The molecule has 0 radical (unpaired) electrons. The van der Waals surface area contributed by atoms with Crippen LogP contribution in [0.3, 0.4) is 0 Å². The molecule has 176 valence electrons. The number of hydrogen-bond donors (Lipinski definition) is 1. The smallest absolute Gasteiger partial charge is 0.236 e. The third-order valence-corrected chi connectivity index (χ3v) is 7.74. The number of nitrogens with zero attached hydrogens (tertiary/aromatic N) is 4. The Hall–Kier alpha value is -3.11. The quantitative estimate of drug-likeness (QED) is 0.357. The van der Waals surface area contributed by atoms with Crippen molar-refractivity contribution in [1.82, 2.24) is 19.7 Å². The summed E-state index contributed by atoms with van der Waals surface area (Å²) in [5.74, 6) is 2.38. The van der Waals surface area contributed by atoms with E-state index in [0.717, 1.165) is 34.6 Å². The van der Waals surface area contributed by atoms with Crippen LogP contribution in [-0.4, -0.2) is 38.5 Å². The average molecular weight is 496 g/mol. The van der Waals surface area contributed by atoms with Gasteiger partial charge in [0.2, 0.25) is 5.91 Å². The van der Waals surface area contributed by atoms with Crippen LogP contribution in [0.1, 0.15) is 29.8 Å². The van der Waals surface area contributed by atoms with E-state index in [9.17, 15) is 4.79 Å². The number of thiazole rings is 1. The Morgan fingerprint density at radius 2 is 1.94 bits per heavy atom. The standard InChI is InChI=1S/C24H25N5O3S2/c1-29-21(13-32-18-8-7-15-5-3-4-6-16(15)11-18)27-28-24(29)33-14-22(30)26-23-25-19-10-9-17(31-2)12-20(19)34-23/h7-12H,3-6,13-14H2,1-2H3,(H,25,26,30). The largest absolute Gasteiger partial charge is 0.497 e. The lowest BCUT2D eigenvalue weighted by Gasteiger charge is -2.16. The minimum atomic E-state index is -0.147. The number of anilines is 1. The number of thioether (sulfide) groups is 1. The lowest BCUT2D eigenvalue weighted by molar-refractivity contribution is -0.113. The number of nitrogens with one attached hydrogen (secondary N) is 1. The average Bonchev–Trinajstić information content (AvgIpc) is 3.42. The fraction of sp³-hybridized carbons (Fsp3) is 0.333. The van der Waals surface area contributed by atoms with E-state index < -0.39 is 0 Å². The highest BCUT2D eigenvalue weighted by Crippen LogP contribution is 2.29. The molecule has 0 spiro atoms. The van der Waals surface area contributed by atoms with Crippen molar-refractivity contribution in [3.05, 3.63) is 53.3 Å². The Morgan fingerprint density at radius 1 is 1.12 bits per heavy atom. The van der Waals surface area contributed by atoms with Crippen LogP contribution in [0.15, 0.2) is 41.6 Å². The molecule has 0 aliphatic heterocycles.